The predicted molar refractivity (Wildman–Crippen MR) is 62.9 cm³/mol. The molecule has 106 valence electrons. The molecule has 0 radical (unpaired) electrons. The van der Waals surface area contributed by atoms with Gasteiger partial charge in [-0.25, -0.2) is 4.79 Å². The number of rotatable bonds is 3. The van der Waals surface area contributed by atoms with E-state index in [1.54, 1.807) is 0 Å². The molecule has 1 aromatic heterocycles. The smallest absolute Gasteiger partial charge is 0.330 e. The van der Waals surface area contributed by atoms with Crippen LogP contribution in [0.5, 0.6) is 5.75 Å². The van der Waals surface area contributed by atoms with Crippen LogP contribution in [0.4, 0.5) is 0 Å². The van der Waals surface area contributed by atoms with Crippen LogP contribution < -0.4 is 21.7 Å². The molecule has 9 nitrogen and oxygen atoms in total. The zero-order valence-corrected chi connectivity index (χ0v) is 10.1. The van der Waals surface area contributed by atoms with Crippen LogP contribution in [0.1, 0.15) is 6.23 Å². The number of aromatic amines is 1. The van der Waals surface area contributed by atoms with E-state index in [9.17, 15) is 19.8 Å². The summed E-state index contributed by atoms with van der Waals surface area (Å²) in [4.78, 5) is 25.1. The molecule has 5 N–H and O–H groups in total. The number of ether oxygens (including phenoxy) is 2. The van der Waals surface area contributed by atoms with Crippen molar-refractivity contribution in [1.29, 1.82) is 0 Å². The number of methoxy groups -OCH3 is 1. The standard InChI is InChI=1S/C10H15N3O6/c1-18-5-3-13(10(17)12-8(5)16)9-7(15)6(14)4(2-11)19-9/h3-4,6-7,9,14-15H,2,11H2,1H3,(H,12,16,17)/t4-,6?,7+,9-/m1/s1. The first kappa shape index (κ1) is 13.7. The Hall–Kier alpha value is -1.68. The van der Waals surface area contributed by atoms with Crippen molar-refractivity contribution in [3.8, 4) is 5.75 Å². The van der Waals surface area contributed by atoms with Gasteiger partial charge in [-0.1, -0.05) is 0 Å². The maximum absolute atomic E-state index is 11.7. The topological polar surface area (TPSA) is 140 Å². The molecule has 2 rings (SSSR count). The minimum absolute atomic E-state index is 0.00995. The summed E-state index contributed by atoms with van der Waals surface area (Å²) in [5.41, 5.74) is 3.91. The highest BCUT2D eigenvalue weighted by atomic mass is 16.6. The van der Waals surface area contributed by atoms with Gasteiger partial charge in [-0.2, -0.15) is 0 Å². The molecule has 0 aliphatic carbocycles. The Morgan fingerprint density at radius 2 is 2.16 bits per heavy atom. The molecule has 0 spiro atoms. The third kappa shape index (κ3) is 2.28. The molecule has 1 fully saturated rings. The zero-order chi connectivity index (χ0) is 14.2. The molecule has 9 heteroatoms. The number of aromatic nitrogens is 2. The number of aliphatic hydroxyl groups is 2. The molecule has 0 bridgehead atoms. The van der Waals surface area contributed by atoms with Gasteiger partial charge in [0.25, 0.3) is 5.56 Å². The number of nitrogens with two attached hydrogens (primary N) is 1. The van der Waals surface area contributed by atoms with Crippen LogP contribution in [0.15, 0.2) is 15.8 Å². The molecule has 4 atom stereocenters. The lowest BCUT2D eigenvalue weighted by atomic mass is 10.1. The third-order valence-corrected chi connectivity index (χ3v) is 3.00. The van der Waals surface area contributed by atoms with Gasteiger partial charge in [0, 0.05) is 6.54 Å². The average Bonchev–Trinajstić information content (AvgIpc) is 2.67. The van der Waals surface area contributed by atoms with Gasteiger partial charge in [0.05, 0.1) is 13.3 Å². The Balaban J connectivity index is 2.43. The van der Waals surface area contributed by atoms with Crippen molar-refractivity contribution in [3.05, 3.63) is 27.0 Å². The summed E-state index contributed by atoms with van der Waals surface area (Å²) < 4.78 is 11.0. The third-order valence-electron chi connectivity index (χ3n) is 3.00. The molecule has 19 heavy (non-hydrogen) atoms. The number of hydrogen-bond donors (Lipinski definition) is 4. The van der Waals surface area contributed by atoms with Crippen molar-refractivity contribution < 1.29 is 19.7 Å². The van der Waals surface area contributed by atoms with Gasteiger partial charge in [-0.05, 0) is 0 Å². The number of aliphatic hydroxyl groups excluding tert-OH is 2. The summed E-state index contributed by atoms with van der Waals surface area (Å²) in [5.74, 6) is -0.110. The van der Waals surface area contributed by atoms with Crippen molar-refractivity contribution in [2.75, 3.05) is 13.7 Å². The fourth-order valence-electron chi connectivity index (χ4n) is 1.96. The number of nitrogens with one attached hydrogen (secondary N) is 1. The van der Waals surface area contributed by atoms with Crippen molar-refractivity contribution in [2.24, 2.45) is 5.73 Å². The summed E-state index contributed by atoms with van der Waals surface area (Å²) in [7, 11) is 1.27. The van der Waals surface area contributed by atoms with Gasteiger partial charge in [0.15, 0.2) is 6.23 Å². The van der Waals surface area contributed by atoms with E-state index >= 15 is 0 Å². The highest BCUT2D eigenvalue weighted by molar-refractivity contribution is 5.12. The van der Waals surface area contributed by atoms with E-state index in [-0.39, 0.29) is 12.3 Å². The molecule has 1 aliphatic rings. The van der Waals surface area contributed by atoms with Crippen LogP contribution in [0.25, 0.3) is 0 Å². The van der Waals surface area contributed by atoms with Gasteiger partial charge in [-0.15, -0.1) is 0 Å². The van der Waals surface area contributed by atoms with Crippen LogP contribution in [-0.4, -0.2) is 51.7 Å². The molecule has 1 aromatic rings. The van der Waals surface area contributed by atoms with Crippen molar-refractivity contribution in [1.82, 2.24) is 9.55 Å². The first-order chi connectivity index (χ1) is 8.99. The van der Waals surface area contributed by atoms with Gasteiger partial charge in [0.2, 0.25) is 5.75 Å². The molecule has 0 saturated carbocycles. The maximum Gasteiger partial charge on any atom is 0.330 e. The predicted octanol–water partition coefficient (Wildman–Crippen LogP) is -2.88. The second-order valence-electron chi connectivity index (χ2n) is 4.15. The molecule has 0 aromatic carbocycles. The Bertz CT molecular complexity index is 567. The monoisotopic (exact) mass is 273 g/mol. The van der Waals surface area contributed by atoms with Crippen LogP contribution in [-0.2, 0) is 4.74 Å². The Labute approximate surface area is 107 Å². The van der Waals surface area contributed by atoms with Crippen LogP contribution in [0.3, 0.4) is 0 Å². The lowest BCUT2D eigenvalue weighted by Gasteiger charge is -2.17. The molecular formula is C10H15N3O6. The molecule has 1 unspecified atom stereocenters. The van der Waals surface area contributed by atoms with Crippen LogP contribution in [0, 0.1) is 0 Å². The minimum Gasteiger partial charge on any atom is -0.490 e. The number of nitrogens with zero attached hydrogens (tertiary/aromatic N) is 1. The molecular weight excluding hydrogens is 258 g/mol. The van der Waals surface area contributed by atoms with E-state index in [2.05, 4.69) is 0 Å². The Morgan fingerprint density at radius 1 is 1.47 bits per heavy atom. The summed E-state index contributed by atoms with van der Waals surface area (Å²) in [6.07, 6.45) is -3.35. The van der Waals surface area contributed by atoms with Crippen LogP contribution >= 0.6 is 0 Å². The quantitative estimate of drug-likeness (QED) is 0.464. The van der Waals surface area contributed by atoms with Crippen molar-refractivity contribution >= 4 is 0 Å². The van der Waals surface area contributed by atoms with Crippen molar-refractivity contribution in [3.63, 3.8) is 0 Å². The van der Waals surface area contributed by atoms with E-state index in [0.29, 0.717) is 0 Å². The highest BCUT2D eigenvalue weighted by Crippen LogP contribution is 2.27. The van der Waals surface area contributed by atoms with Gasteiger partial charge < -0.3 is 25.4 Å². The van der Waals surface area contributed by atoms with E-state index in [0.717, 1.165) is 10.8 Å². The Kier molecular flexibility index (Phi) is 3.71. The first-order valence-corrected chi connectivity index (χ1v) is 5.60. The van der Waals surface area contributed by atoms with E-state index in [4.69, 9.17) is 15.2 Å². The minimum atomic E-state index is -1.33. The molecule has 1 saturated heterocycles. The normalized spacial score (nSPS) is 30.5. The number of hydrogen-bond acceptors (Lipinski definition) is 7. The first-order valence-electron chi connectivity index (χ1n) is 5.60. The van der Waals surface area contributed by atoms with Crippen LogP contribution in [0.2, 0.25) is 0 Å². The molecule has 2 heterocycles. The highest BCUT2D eigenvalue weighted by Gasteiger charge is 2.43. The largest absolute Gasteiger partial charge is 0.490 e. The summed E-state index contributed by atoms with van der Waals surface area (Å²) >= 11 is 0. The Morgan fingerprint density at radius 3 is 2.68 bits per heavy atom. The lowest BCUT2D eigenvalue weighted by molar-refractivity contribution is -0.0375. The molecule has 1 aliphatic heterocycles. The van der Waals surface area contributed by atoms with E-state index < -0.39 is 35.8 Å². The fraction of sp³-hybridized carbons (Fsp3) is 0.600. The van der Waals surface area contributed by atoms with E-state index in [1.165, 1.54) is 7.11 Å². The SMILES string of the molecule is COc1cn([C@@H]2O[C@H](CN)C(O)[C@@H]2O)c(=O)[nH]c1=O. The fourth-order valence-corrected chi connectivity index (χ4v) is 1.96. The second-order valence-corrected chi connectivity index (χ2v) is 4.15. The van der Waals surface area contributed by atoms with Gasteiger partial charge >= 0.3 is 5.69 Å². The van der Waals surface area contributed by atoms with E-state index in [1.807, 2.05) is 4.98 Å². The second kappa shape index (κ2) is 5.13. The summed E-state index contributed by atoms with van der Waals surface area (Å²) in [6, 6.07) is 0. The lowest BCUT2D eigenvalue weighted by Crippen LogP contribution is -2.38. The summed E-state index contributed by atoms with van der Waals surface area (Å²) in [6.45, 7) is -0.00995. The maximum atomic E-state index is 11.7. The van der Waals surface area contributed by atoms with Gasteiger partial charge in [-0.3, -0.25) is 14.3 Å². The average molecular weight is 273 g/mol. The molecule has 0 amide bonds. The number of H-pyrrole nitrogens is 1. The van der Waals surface area contributed by atoms with Crippen molar-refractivity contribution in [2.45, 2.75) is 24.5 Å². The zero-order valence-electron chi connectivity index (χ0n) is 10.1. The van der Waals surface area contributed by atoms with Gasteiger partial charge in [0.1, 0.15) is 18.3 Å². The summed E-state index contributed by atoms with van der Waals surface area (Å²) in [5, 5.41) is 19.5.